The van der Waals surface area contributed by atoms with Crippen molar-refractivity contribution in [2.75, 3.05) is 81.1 Å². The second-order valence-electron chi connectivity index (χ2n) is 7.63. The molecule has 2 fully saturated rings. The van der Waals surface area contributed by atoms with Crippen LogP contribution in [0.25, 0.3) is 0 Å². The number of likely N-dealkylation sites (N-methyl/N-ethyl adjacent to an activating group) is 2. The van der Waals surface area contributed by atoms with Crippen LogP contribution >= 0.6 is 0 Å². The van der Waals surface area contributed by atoms with Crippen LogP contribution in [0.5, 0.6) is 0 Å². The number of benzene rings is 1. The van der Waals surface area contributed by atoms with Crippen molar-refractivity contribution in [3.8, 4) is 0 Å². The van der Waals surface area contributed by atoms with E-state index in [9.17, 15) is 0 Å². The molecule has 7 heteroatoms. The lowest BCUT2D eigenvalue weighted by Crippen LogP contribution is -2.46. The molecule has 0 aliphatic carbocycles. The van der Waals surface area contributed by atoms with E-state index >= 15 is 0 Å². The van der Waals surface area contributed by atoms with Crippen molar-refractivity contribution in [1.29, 1.82) is 0 Å². The molecule has 0 spiro atoms. The van der Waals surface area contributed by atoms with Crippen LogP contribution in [-0.2, 0) is 0 Å². The second kappa shape index (κ2) is 8.75. The van der Waals surface area contributed by atoms with Gasteiger partial charge in [-0.15, -0.1) is 0 Å². The SMILES string of the molecule is CCN1CCN(c2nccc(Nc3ccc(N4CCN(C)CC4)cc3)n2)CC1. The summed E-state index contributed by atoms with van der Waals surface area (Å²) in [6.07, 6.45) is 1.84. The molecule has 28 heavy (non-hydrogen) atoms. The largest absolute Gasteiger partial charge is 0.369 e. The molecule has 7 nitrogen and oxygen atoms in total. The zero-order valence-corrected chi connectivity index (χ0v) is 17.0. The molecule has 0 radical (unpaired) electrons. The number of nitrogens with one attached hydrogen (secondary N) is 1. The van der Waals surface area contributed by atoms with E-state index in [1.807, 2.05) is 12.3 Å². The van der Waals surface area contributed by atoms with Gasteiger partial charge in [0.25, 0.3) is 0 Å². The van der Waals surface area contributed by atoms with Gasteiger partial charge in [-0.3, -0.25) is 0 Å². The standard InChI is InChI=1S/C21H31N7/c1-3-26-12-16-28(17-13-26)21-22-9-8-20(24-21)23-18-4-6-19(7-5-18)27-14-10-25(2)11-15-27/h4-9H,3,10-17H2,1-2H3,(H,22,23,24). The van der Waals surface area contributed by atoms with Crippen LogP contribution in [0.3, 0.4) is 0 Å². The number of hydrogen-bond donors (Lipinski definition) is 1. The van der Waals surface area contributed by atoms with E-state index in [1.165, 1.54) is 5.69 Å². The van der Waals surface area contributed by atoms with E-state index < -0.39 is 0 Å². The monoisotopic (exact) mass is 381 g/mol. The third-order valence-corrected chi connectivity index (χ3v) is 5.75. The van der Waals surface area contributed by atoms with Gasteiger partial charge in [0, 0.05) is 69.9 Å². The smallest absolute Gasteiger partial charge is 0.227 e. The third kappa shape index (κ3) is 4.54. The van der Waals surface area contributed by atoms with Gasteiger partial charge in [-0.1, -0.05) is 6.92 Å². The fourth-order valence-corrected chi connectivity index (χ4v) is 3.80. The van der Waals surface area contributed by atoms with Crippen molar-refractivity contribution in [1.82, 2.24) is 19.8 Å². The molecule has 1 aromatic heterocycles. The van der Waals surface area contributed by atoms with E-state index in [-0.39, 0.29) is 0 Å². The molecule has 0 unspecified atom stereocenters. The minimum absolute atomic E-state index is 0.815. The molecule has 2 aliphatic heterocycles. The minimum Gasteiger partial charge on any atom is -0.369 e. The van der Waals surface area contributed by atoms with E-state index in [4.69, 9.17) is 4.98 Å². The lowest BCUT2D eigenvalue weighted by Gasteiger charge is -2.34. The van der Waals surface area contributed by atoms with Crippen LogP contribution in [0, 0.1) is 0 Å². The summed E-state index contributed by atoms with van der Waals surface area (Å²) in [4.78, 5) is 18.8. The molecule has 1 aromatic carbocycles. The van der Waals surface area contributed by atoms with Crippen LogP contribution in [0.2, 0.25) is 0 Å². The Kier molecular flexibility index (Phi) is 5.92. The molecule has 0 bridgehead atoms. The van der Waals surface area contributed by atoms with Gasteiger partial charge in [0.05, 0.1) is 0 Å². The average molecular weight is 382 g/mol. The first-order valence-electron chi connectivity index (χ1n) is 10.3. The zero-order chi connectivity index (χ0) is 19.3. The quantitative estimate of drug-likeness (QED) is 0.851. The molecule has 2 aliphatic rings. The first-order valence-corrected chi connectivity index (χ1v) is 10.3. The number of nitrogens with zero attached hydrogens (tertiary/aromatic N) is 6. The second-order valence-corrected chi connectivity index (χ2v) is 7.63. The highest BCUT2D eigenvalue weighted by Crippen LogP contribution is 2.22. The number of aromatic nitrogens is 2. The van der Waals surface area contributed by atoms with Crippen LogP contribution in [0.1, 0.15) is 6.92 Å². The third-order valence-electron chi connectivity index (χ3n) is 5.75. The fourth-order valence-electron chi connectivity index (χ4n) is 3.80. The molecule has 150 valence electrons. The Morgan fingerprint density at radius 1 is 0.857 bits per heavy atom. The van der Waals surface area contributed by atoms with Crippen molar-refractivity contribution in [2.24, 2.45) is 0 Å². The highest BCUT2D eigenvalue weighted by molar-refractivity contribution is 5.61. The average Bonchev–Trinajstić information content (AvgIpc) is 2.75. The molecule has 1 N–H and O–H groups in total. The Morgan fingerprint density at radius 2 is 1.54 bits per heavy atom. The van der Waals surface area contributed by atoms with Gasteiger partial charge >= 0.3 is 0 Å². The zero-order valence-electron chi connectivity index (χ0n) is 17.0. The molecule has 2 aromatic rings. The normalized spacial score (nSPS) is 19.1. The predicted octanol–water partition coefficient (Wildman–Crippen LogP) is 2.11. The van der Waals surface area contributed by atoms with Crippen molar-refractivity contribution in [3.05, 3.63) is 36.5 Å². The van der Waals surface area contributed by atoms with E-state index in [1.54, 1.807) is 0 Å². The van der Waals surface area contributed by atoms with Gasteiger partial charge in [0.1, 0.15) is 5.82 Å². The van der Waals surface area contributed by atoms with Crippen molar-refractivity contribution < 1.29 is 0 Å². The van der Waals surface area contributed by atoms with Crippen molar-refractivity contribution >= 4 is 23.1 Å². The Morgan fingerprint density at radius 3 is 2.21 bits per heavy atom. The number of rotatable bonds is 5. The molecule has 0 amide bonds. The summed E-state index contributed by atoms with van der Waals surface area (Å²) < 4.78 is 0. The van der Waals surface area contributed by atoms with Crippen LogP contribution in [-0.4, -0.2) is 85.7 Å². The first-order chi connectivity index (χ1) is 13.7. The minimum atomic E-state index is 0.815. The first kappa shape index (κ1) is 19.0. The highest BCUT2D eigenvalue weighted by atomic mass is 15.3. The molecule has 0 atom stereocenters. The Balaban J connectivity index is 1.38. The Hall–Kier alpha value is -2.38. The molecule has 4 rings (SSSR count). The molecule has 0 saturated carbocycles. The van der Waals surface area contributed by atoms with Crippen molar-refractivity contribution in [3.63, 3.8) is 0 Å². The van der Waals surface area contributed by atoms with Gasteiger partial charge in [0.15, 0.2) is 0 Å². The maximum Gasteiger partial charge on any atom is 0.227 e. The Labute approximate surface area is 168 Å². The molecule has 2 saturated heterocycles. The van der Waals surface area contributed by atoms with E-state index in [2.05, 4.69) is 68.1 Å². The molecular weight excluding hydrogens is 350 g/mol. The summed E-state index contributed by atoms with van der Waals surface area (Å²) in [5.74, 6) is 1.66. The maximum absolute atomic E-state index is 4.73. The number of piperazine rings is 2. The number of hydrogen-bond acceptors (Lipinski definition) is 7. The van der Waals surface area contributed by atoms with Gasteiger partial charge in [0.2, 0.25) is 5.95 Å². The summed E-state index contributed by atoms with van der Waals surface area (Å²) in [5, 5.41) is 3.43. The fraction of sp³-hybridized carbons (Fsp3) is 0.524. The van der Waals surface area contributed by atoms with Gasteiger partial charge in [-0.25, -0.2) is 4.98 Å². The van der Waals surface area contributed by atoms with Crippen LogP contribution in [0.15, 0.2) is 36.5 Å². The van der Waals surface area contributed by atoms with Gasteiger partial charge in [-0.05, 0) is 43.9 Å². The summed E-state index contributed by atoms with van der Waals surface area (Å²) in [5.41, 5.74) is 2.34. The van der Waals surface area contributed by atoms with Crippen LogP contribution < -0.4 is 15.1 Å². The van der Waals surface area contributed by atoms with Gasteiger partial charge in [-0.2, -0.15) is 4.98 Å². The number of anilines is 4. The lowest BCUT2D eigenvalue weighted by atomic mass is 10.2. The lowest BCUT2D eigenvalue weighted by molar-refractivity contribution is 0.270. The highest BCUT2D eigenvalue weighted by Gasteiger charge is 2.18. The Bertz CT molecular complexity index is 748. The predicted molar refractivity (Wildman–Crippen MR) is 116 cm³/mol. The van der Waals surface area contributed by atoms with E-state index in [0.717, 1.165) is 76.4 Å². The summed E-state index contributed by atoms with van der Waals surface area (Å²) in [6.45, 7) is 11.9. The molecular formula is C21H31N7. The van der Waals surface area contributed by atoms with E-state index in [0.29, 0.717) is 0 Å². The maximum atomic E-state index is 4.73. The summed E-state index contributed by atoms with van der Waals surface area (Å²) >= 11 is 0. The topological polar surface area (TPSA) is 50.8 Å². The van der Waals surface area contributed by atoms with Crippen molar-refractivity contribution in [2.45, 2.75) is 6.92 Å². The van der Waals surface area contributed by atoms with Gasteiger partial charge < -0.3 is 24.9 Å². The summed E-state index contributed by atoms with van der Waals surface area (Å²) in [7, 11) is 2.18. The van der Waals surface area contributed by atoms with Crippen LogP contribution in [0.4, 0.5) is 23.1 Å². The summed E-state index contributed by atoms with van der Waals surface area (Å²) in [6, 6.07) is 10.6. The molecule has 3 heterocycles.